The van der Waals surface area contributed by atoms with Gasteiger partial charge >= 0.3 is 12.4 Å². The Labute approximate surface area is 190 Å². The lowest BCUT2D eigenvalue weighted by Crippen LogP contribution is -2.10. The van der Waals surface area contributed by atoms with Crippen LogP contribution in [-0.2, 0) is 12.4 Å². The van der Waals surface area contributed by atoms with Gasteiger partial charge in [0.2, 0.25) is 0 Å². The van der Waals surface area contributed by atoms with Gasteiger partial charge in [-0.05, 0) is 12.3 Å². The minimum atomic E-state index is -4.67. The molecule has 0 saturated heterocycles. The Morgan fingerprint density at radius 2 is 1.44 bits per heavy atom. The van der Waals surface area contributed by atoms with Crippen LogP contribution in [0, 0.1) is 11.3 Å². The first-order chi connectivity index (χ1) is 14.9. The minimum absolute atomic E-state index is 0.0525. The number of thioether (sulfide) groups is 1. The molecule has 0 unspecified atom stereocenters. The second-order valence-electron chi connectivity index (χ2n) is 5.51. The molecule has 0 saturated carbocycles. The third-order valence-corrected chi connectivity index (χ3v) is 4.43. The summed E-state index contributed by atoms with van der Waals surface area (Å²) in [4.78, 5) is 17.7. The van der Waals surface area contributed by atoms with E-state index in [1.165, 1.54) is 18.5 Å². The van der Waals surface area contributed by atoms with Crippen molar-refractivity contribution in [2.24, 2.45) is 0 Å². The van der Waals surface area contributed by atoms with E-state index in [9.17, 15) is 26.3 Å². The van der Waals surface area contributed by atoms with Crippen molar-refractivity contribution in [1.82, 2.24) is 24.9 Å². The van der Waals surface area contributed by atoms with Gasteiger partial charge in [0.1, 0.15) is 6.07 Å². The summed E-state index contributed by atoms with van der Waals surface area (Å²) in [5.74, 6) is -0.193. The zero-order valence-corrected chi connectivity index (χ0v) is 17.8. The molecular weight excluding hydrogens is 505 g/mol. The maximum Gasteiger partial charge on any atom is 0.434 e. The predicted octanol–water partition coefficient (Wildman–Crippen LogP) is 5.95. The smallest absolute Gasteiger partial charge is 0.263 e. The summed E-state index contributed by atoms with van der Waals surface area (Å²) >= 11 is 11.7. The molecule has 6 nitrogen and oxygen atoms in total. The number of nitriles is 1. The molecule has 0 aliphatic heterocycles. The van der Waals surface area contributed by atoms with E-state index in [1.54, 1.807) is 6.26 Å². The van der Waals surface area contributed by atoms with E-state index in [1.807, 2.05) is 6.07 Å². The van der Waals surface area contributed by atoms with Gasteiger partial charge < -0.3 is 0 Å². The fourth-order valence-corrected chi connectivity index (χ4v) is 2.71. The Bertz CT molecular complexity index is 1150. The van der Waals surface area contributed by atoms with Crippen molar-refractivity contribution in [3.05, 3.63) is 57.9 Å². The molecule has 3 aromatic rings. The van der Waals surface area contributed by atoms with Crippen molar-refractivity contribution < 1.29 is 26.3 Å². The number of halogens is 8. The van der Waals surface area contributed by atoms with Gasteiger partial charge in [-0.15, -0.1) is 0 Å². The van der Waals surface area contributed by atoms with E-state index >= 15 is 0 Å². The maximum atomic E-state index is 12.6. The molecule has 0 aliphatic rings. The average Bonchev–Trinajstić information content (AvgIpc) is 2.73. The molecule has 0 radical (unpaired) electrons. The largest absolute Gasteiger partial charge is 0.434 e. The first-order valence-corrected chi connectivity index (χ1v) is 9.93. The van der Waals surface area contributed by atoms with E-state index < -0.39 is 33.8 Å². The van der Waals surface area contributed by atoms with Gasteiger partial charge in [0, 0.05) is 18.0 Å². The van der Waals surface area contributed by atoms with Crippen LogP contribution >= 0.6 is 35.0 Å². The van der Waals surface area contributed by atoms with E-state index in [-0.39, 0.29) is 22.1 Å². The maximum absolute atomic E-state index is 12.6. The highest BCUT2D eigenvalue weighted by atomic mass is 35.5. The van der Waals surface area contributed by atoms with Gasteiger partial charge in [0.05, 0.1) is 28.0 Å². The van der Waals surface area contributed by atoms with Gasteiger partial charge in [-0.25, -0.2) is 19.9 Å². The van der Waals surface area contributed by atoms with Crippen molar-refractivity contribution in [3.63, 3.8) is 0 Å². The number of aromatic nitrogens is 5. The Morgan fingerprint density at radius 1 is 0.875 bits per heavy atom. The lowest BCUT2D eigenvalue weighted by Gasteiger charge is -2.08. The third kappa shape index (κ3) is 6.65. The Morgan fingerprint density at radius 3 is 1.97 bits per heavy atom. The fraction of sp³-hybridized carbons (Fsp3) is 0.176. The van der Waals surface area contributed by atoms with Gasteiger partial charge in [-0.3, -0.25) is 4.98 Å². The summed E-state index contributed by atoms with van der Waals surface area (Å²) in [6.07, 6.45) is -3.24. The molecular formula is C17H8Cl2F6N6S. The number of hydrogen-bond donors (Lipinski definition) is 0. The highest BCUT2D eigenvalue weighted by molar-refractivity contribution is 7.98. The van der Waals surface area contributed by atoms with Gasteiger partial charge in [0.25, 0.3) is 0 Å². The predicted molar refractivity (Wildman–Crippen MR) is 104 cm³/mol. The van der Waals surface area contributed by atoms with Crippen LogP contribution in [0.4, 0.5) is 26.3 Å². The highest BCUT2D eigenvalue weighted by Crippen LogP contribution is 2.34. The van der Waals surface area contributed by atoms with Crippen LogP contribution in [0.2, 0.25) is 10.0 Å². The zero-order valence-electron chi connectivity index (χ0n) is 15.5. The van der Waals surface area contributed by atoms with Crippen molar-refractivity contribution in [2.75, 3.05) is 6.26 Å². The van der Waals surface area contributed by atoms with Crippen molar-refractivity contribution in [2.45, 2.75) is 17.5 Å². The Kier molecular flexibility index (Phi) is 8.22. The molecule has 0 spiro atoms. The van der Waals surface area contributed by atoms with E-state index in [4.69, 9.17) is 28.5 Å². The molecule has 168 valence electrons. The summed E-state index contributed by atoms with van der Waals surface area (Å²) in [6, 6.07) is 3.17. The number of alkyl halides is 6. The van der Waals surface area contributed by atoms with Gasteiger partial charge in [0.15, 0.2) is 22.4 Å². The zero-order chi connectivity index (χ0) is 24.1. The third-order valence-electron chi connectivity index (χ3n) is 3.31. The lowest BCUT2D eigenvalue weighted by atomic mass is 10.2. The standard InChI is InChI=1S/C11H4ClF3N4.C6H4ClF3N2S/c12-8-5-18-10(19-9(8)11(13,14)15)7-1-6(2-16)3-17-4-7;1-13-5-11-2-3(7)4(12-5)6(8,9)10/h1,3-5H;2H,1H3. The molecule has 0 N–H and O–H groups in total. The van der Waals surface area contributed by atoms with Crippen molar-refractivity contribution in [1.29, 1.82) is 5.26 Å². The van der Waals surface area contributed by atoms with Crippen LogP contribution in [0.15, 0.2) is 36.0 Å². The quantitative estimate of drug-likeness (QED) is 0.238. The van der Waals surface area contributed by atoms with Gasteiger partial charge in [-0.1, -0.05) is 35.0 Å². The van der Waals surface area contributed by atoms with E-state index in [0.717, 1.165) is 24.2 Å². The average molecular weight is 513 g/mol. The summed E-state index contributed by atoms with van der Waals surface area (Å²) < 4.78 is 74.5. The molecule has 0 atom stereocenters. The van der Waals surface area contributed by atoms with Crippen molar-refractivity contribution in [3.8, 4) is 17.5 Å². The van der Waals surface area contributed by atoms with Crippen LogP contribution in [0.5, 0.6) is 0 Å². The monoisotopic (exact) mass is 512 g/mol. The topological polar surface area (TPSA) is 88.2 Å². The fourth-order valence-electron chi connectivity index (χ4n) is 1.98. The van der Waals surface area contributed by atoms with Crippen LogP contribution in [0.3, 0.4) is 0 Å². The molecule has 0 aromatic carbocycles. The summed E-state index contributed by atoms with van der Waals surface area (Å²) in [5, 5.41) is 7.69. The molecule has 0 aliphatic carbocycles. The molecule has 3 aromatic heterocycles. The Balaban J connectivity index is 0.000000244. The molecule has 15 heteroatoms. The van der Waals surface area contributed by atoms with Crippen LogP contribution < -0.4 is 0 Å². The van der Waals surface area contributed by atoms with Crippen LogP contribution in [0.1, 0.15) is 17.0 Å². The second kappa shape index (κ2) is 10.3. The van der Waals surface area contributed by atoms with Crippen molar-refractivity contribution >= 4 is 35.0 Å². The normalized spacial score (nSPS) is 11.4. The minimum Gasteiger partial charge on any atom is -0.263 e. The first kappa shape index (κ1) is 25.6. The lowest BCUT2D eigenvalue weighted by molar-refractivity contribution is -0.142. The highest BCUT2D eigenvalue weighted by Gasteiger charge is 2.36. The van der Waals surface area contributed by atoms with Gasteiger partial charge in [-0.2, -0.15) is 31.6 Å². The second-order valence-corrected chi connectivity index (χ2v) is 7.10. The first-order valence-electron chi connectivity index (χ1n) is 7.95. The number of pyridine rings is 1. The molecule has 0 fully saturated rings. The van der Waals surface area contributed by atoms with Crippen LogP contribution in [0.25, 0.3) is 11.4 Å². The van der Waals surface area contributed by atoms with E-state index in [0.29, 0.717) is 0 Å². The number of hydrogen-bond acceptors (Lipinski definition) is 7. The Hall–Kier alpha value is -2.69. The molecule has 0 bridgehead atoms. The van der Waals surface area contributed by atoms with Crippen LogP contribution in [-0.4, -0.2) is 31.2 Å². The summed E-state index contributed by atoms with van der Waals surface area (Å²) in [7, 11) is 0. The molecule has 3 heterocycles. The number of rotatable bonds is 2. The summed E-state index contributed by atoms with van der Waals surface area (Å²) in [5.41, 5.74) is -1.90. The van der Waals surface area contributed by atoms with E-state index in [2.05, 4.69) is 24.9 Å². The molecule has 0 amide bonds. The number of nitrogens with zero attached hydrogens (tertiary/aromatic N) is 6. The molecule has 32 heavy (non-hydrogen) atoms. The molecule has 3 rings (SSSR count). The summed E-state index contributed by atoms with van der Waals surface area (Å²) in [6.45, 7) is 0. The SMILES string of the molecule is CSc1ncc(Cl)c(C(F)(F)F)n1.N#Cc1cncc(-c2ncc(Cl)c(C(F)(F)F)n2)c1.